The normalized spacial score (nSPS) is 11.7. The lowest BCUT2D eigenvalue weighted by atomic mass is 10.2. The summed E-state index contributed by atoms with van der Waals surface area (Å²) in [5.74, 6) is -0.649. The number of aliphatic hydroxyl groups excluding tert-OH is 1. The summed E-state index contributed by atoms with van der Waals surface area (Å²) in [7, 11) is 0. The summed E-state index contributed by atoms with van der Waals surface area (Å²) in [4.78, 5) is 11.6. The zero-order valence-corrected chi connectivity index (χ0v) is 11.4. The van der Waals surface area contributed by atoms with E-state index in [1.807, 2.05) is 30.3 Å². The van der Waals surface area contributed by atoms with E-state index in [2.05, 4.69) is 5.32 Å². The van der Waals surface area contributed by atoms with Crippen LogP contribution >= 0.6 is 0 Å². The molecule has 0 heterocycles. The van der Waals surface area contributed by atoms with Crippen LogP contribution in [0.1, 0.15) is 5.56 Å². The number of carbonyl (C=O) groups excluding carboxylic acids is 1. The Kier molecular flexibility index (Phi) is 5.17. The van der Waals surface area contributed by atoms with Gasteiger partial charge >= 0.3 is 5.97 Å². The fourth-order valence-electron chi connectivity index (χ4n) is 1.74. The highest BCUT2D eigenvalue weighted by Gasteiger charge is 2.16. The van der Waals surface area contributed by atoms with Crippen molar-refractivity contribution in [3.63, 3.8) is 0 Å². The van der Waals surface area contributed by atoms with Crippen LogP contribution in [0.15, 0.2) is 54.6 Å². The van der Waals surface area contributed by atoms with Crippen molar-refractivity contribution in [2.24, 2.45) is 0 Å². The fraction of sp³-hybridized carbons (Fsp3) is 0.188. The maximum absolute atomic E-state index is 11.6. The second kappa shape index (κ2) is 7.31. The average molecular weight is 287 g/mol. The highest BCUT2D eigenvalue weighted by molar-refractivity contribution is 5.75. The number of ether oxygens (including phenoxy) is 1. The first-order valence-electron chi connectivity index (χ1n) is 6.57. The van der Waals surface area contributed by atoms with Gasteiger partial charge in [0.25, 0.3) is 0 Å². The van der Waals surface area contributed by atoms with E-state index in [0.29, 0.717) is 5.69 Å². The Labute approximate surface area is 122 Å². The summed E-state index contributed by atoms with van der Waals surface area (Å²) in [6.07, 6.45) is -1.30. The van der Waals surface area contributed by atoms with Crippen LogP contribution in [0.25, 0.3) is 0 Å². The predicted molar refractivity (Wildman–Crippen MR) is 78.8 cm³/mol. The fourth-order valence-corrected chi connectivity index (χ4v) is 1.74. The van der Waals surface area contributed by atoms with Gasteiger partial charge in [-0.3, -0.25) is 0 Å². The number of hydrogen-bond donors (Lipinski definition) is 3. The zero-order valence-electron chi connectivity index (χ0n) is 11.4. The molecular formula is C16H17NO4. The van der Waals surface area contributed by atoms with Crippen LogP contribution in [-0.4, -0.2) is 28.8 Å². The second-order valence-electron chi connectivity index (χ2n) is 4.51. The number of benzene rings is 2. The number of carbonyl (C=O) groups is 1. The Morgan fingerprint density at radius 2 is 1.76 bits per heavy atom. The van der Waals surface area contributed by atoms with Crippen LogP contribution in [0.4, 0.5) is 5.69 Å². The average Bonchev–Trinajstić information content (AvgIpc) is 2.52. The topological polar surface area (TPSA) is 78.8 Å². The number of anilines is 1. The van der Waals surface area contributed by atoms with Crippen molar-refractivity contribution in [1.29, 1.82) is 0 Å². The molecule has 3 N–H and O–H groups in total. The molecule has 0 bridgehead atoms. The van der Waals surface area contributed by atoms with E-state index >= 15 is 0 Å². The Balaban J connectivity index is 1.79. The molecule has 0 aliphatic carbocycles. The van der Waals surface area contributed by atoms with Gasteiger partial charge in [-0.15, -0.1) is 0 Å². The van der Waals surface area contributed by atoms with E-state index in [0.717, 1.165) is 5.56 Å². The quantitative estimate of drug-likeness (QED) is 0.559. The summed E-state index contributed by atoms with van der Waals surface area (Å²) in [6, 6.07) is 15.8. The molecule has 110 valence electrons. The lowest BCUT2D eigenvalue weighted by Gasteiger charge is -2.13. The summed E-state index contributed by atoms with van der Waals surface area (Å²) < 4.78 is 5.02. The minimum atomic E-state index is -1.30. The molecule has 2 aromatic carbocycles. The number of phenolic OH excluding ortho intramolecular Hbond substituents is 1. The highest BCUT2D eigenvalue weighted by atomic mass is 16.5. The highest BCUT2D eigenvalue weighted by Crippen LogP contribution is 2.21. The molecule has 5 heteroatoms. The molecule has 1 unspecified atom stereocenters. The van der Waals surface area contributed by atoms with E-state index < -0.39 is 12.1 Å². The SMILES string of the molecule is O=C(OCc1ccccc1)C(O)CNc1ccccc1O. The van der Waals surface area contributed by atoms with Gasteiger partial charge in [0.15, 0.2) is 6.10 Å². The third-order valence-corrected chi connectivity index (χ3v) is 2.89. The number of nitrogens with one attached hydrogen (secondary N) is 1. The van der Waals surface area contributed by atoms with Crippen LogP contribution < -0.4 is 5.32 Å². The van der Waals surface area contributed by atoms with Crippen molar-refractivity contribution in [2.75, 3.05) is 11.9 Å². The maximum atomic E-state index is 11.6. The predicted octanol–water partition coefficient (Wildman–Crippen LogP) is 1.91. The van der Waals surface area contributed by atoms with E-state index in [4.69, 9.17) is 4.74 Å². The molecule has 21 heavy (non-hydrogen) atoms. The first kappa shape index (κ1) is 14.9. The standard InChI is InChI=1S/C16H17NO4/c18-14-9-5-4-8-13(14)17-10-15(19)16(20)21-11-12-6-2-1-3-7-12/h1-9,15,17-19H,10-11H2. The summed E-state index contributed by atoms with van der Waals surface area (Å²) in [5.41, 5.74) is 1.30. The molecule has 2 aromatic rings. The Hall–Kier alpha value is -2.53. The van der Waals surface area contributed by atoms with Crippen LogP contribution in [-0.2, 0) is 16.1 Å². The summed E-state index contributed by atoms with van der Waals surface area (Å²) >= 11 is 0. The first-order valence-corrected chi connectivity index (χ1v) is 6.57. The number of rotatable bonds is 6. The zero-order chi connectivity index (χ0) is 15.1. The molecule has 0 amide bonds. The van der Waals surface area contributed by atoms with Gasteiger partial charge in [-0.2, -0.15) is 0 Å². The third kappa shape index (κ3) is 4.50. The molecule has 0 spiro atoms. The number of phenols is 1. The van der Waals surface area contributed by atoms with E-state index in [9.17, 15) is 15.0 Å². The molecule has 0 aliphatic rings. The van der Waals surface area contributed by atoms with Gasteiger partial charge in [-0.25, -0.2) is 4.79 Å². The van der Waals surface area contributed by atoms with Crippen LogP contribution in [0, 0.1) is 0 Å². The number of aliphatic hydroxyl groups is 1. The molecule has 0 aliphatic heterocycles. The minimum Gasteiger partial charge on any atom is -0.506 e. The van der Waals surface area contributed by atoms with Crippen LogP contribution in [0.3, 0.4) is 0 Å². The molecule has 0 fully saturated rings. The van der Waals surface area contributed by atoms with Crippen molar-refractivity contribution in [2.45, 2.75) is 12.7 Å². The number of aromatic hydroxyl groups is 1. The number of hydrogen-bond acceptors (Lipinski definition) is 5. The monoisotopic (exact) mass is 287 g/mol. The second-order valence-corrected chi connectivity index (χ2v) is 4.51. The third-order valence-electron chi connectivity index (χ3n) is 2.89. The lowest BCUT2D eigenvalue weighted by molar-refractivity contribution is -0.154. The molecule has 0 saturated heterocycles. The molecule has 1 atom stereocenters. The first-order chi connectivity index (χ1) is 10.2. The lowest BCUT2D eigenvalue weighted by Crippen LogP contribution is -2.30. The van der Waals surface area contributed by atoms with Crippen molar-refractivity contribution in [3.8, 4) is 5.75 Å². The number of para-hydroxylation sites is 2. The Bertz CT molecular complexity index is 586. The van der Waals surface area contributed by atoms with Gasteiger partial charge < -0.3 is 20.3 Å². The molecule has 0 saturated carbocycles. The van der Waals surface area contributed by atoms with Gasteiger partial charge in [0.05, 0.1) is 12.2 Å². The van der Waals surface area contributed by atoms with E-state index in [-0.39, 0.29) is 18.9 Å². The van der Waals surface area contributed by atoms with Crippen molar-refractivity contribution in [1.82, 2.24) is 0 Å². The summed E-state index contributed by atoms with van der Waals surface area (Å²) in [6.45, 7) is 0.0819. The molecule has 5 nitrogen and oxygen atoms in total. The van der Waals surface area contributed by atoms with Crippen molar-refractivity contribution >= 4 is 11.7 Å². The van der Waals surface area contributed by atoms with Gasteiger partial charge in [0, 0.05) is 0 Å². The summed E-state index contributed by atoms with van der Waals surface area (Å²) in [5, 5.41) is 22.1. The molecule has 0 aromatic heterocycles. The van der Waals surface area contributed by atoms with Crippen LogP contribution in [0.2, 0.25) is 0 Å². The maximum Gasteiger partial charge on any atom is 0.337 e. The van der Waals surface area contributed by atoms with E-state index in [1.165, 1.54) is 6.07 Å². The molecular weight excluding hydrogens is 270 g/mol. The Morgan fingerprint density at radius 3 is 2.48 bits per heavy atom. The smallest absolute Gasteiger partial charge is 0.337 e. The number of esters is 1. The molecule has 2 rings (SSSR count). The van der Waals surface area contributed by atoms with Gasteiger partial charge in [0.2, 0.25) is 0 Å². The van der Waals surface area contributed by atoms with Crippen molar-refractivity contribution in [3.05, 3.63) is 60.2 Å². The largest absolute Gasteiger partial charge is 0.506 e. The Morgan fingerprint density at radius 1 is 1.10 bits per heavy atom. The minimum absolute atomic E-state index is 0.0365. The van der Waals surface area contributed by atoms with Crippen LogP contribution in [0.5, 0.6) is 5.75 Å². The van der Waals surface area contributed by atoms with Gasteiger partial charge in [-0.1, -0.05) is 42.5 Å². The molecule has 0 radical (unpaired) electrons. The van der Waals surface area contributed by atoms with Gasteiger partial charge in [-0.05, 0) is 17.7 Å². The van der Waals surface area contributed by atoms with E-state index in [1.54, 1.807) is 18.2 Å². The van der Waals surface area contributed by atoms with Crippen molar-refractivity contribution < 1.29 is 19.7 Å². The van der Waals surface area contributed by atoms with Gasteiger partial charge in [0.1, 0.15) is 12.4 Å².